The van der Waals surface area contributed by atoms with Gasteiger partial charge in [0.25, 0.3) is 0 Å². The van der Waals surface area contributed by atoms with Crippen LogP contribution in [0.3, 0.4) is 0 Å². The number of aliphatic imine (C=N–C) groups is 1. The first kappa shape index (κ1) is 50.4. The highest BCUT2D eigenvalue weighted by atomic mass is 16.4. The van der Waals surface area contributed by atoms with E-state index in [1.54, 1.807) is 27.7 Å². The Morgan fingerprint density at radius 3 is 2.12 bits per heavy atom. The minimum atomic E-state index is -1.69. The fourth-order valence-electron chi connectivity index (χ4n) is 6.91. The van der Waals surface area contributed by atoms with Crippen molar-refractivity contribution in [3.05, 3.63) is 35.9 Å². The zero-order valence-corrected chi connectivity index (χ0v) is 35.5. The van der Waals surface area contributed by atoms with Crippen molar-refractivity contribution in [2.24, 2.45) is 28.3 Å². The highest BCUT2D eigenvalue weighted by Gasteiger charge is 2.44. The van der Waals surface area contributed by atoms with Crippen LogP contribution in [-0.4, -0.2) is 130 Å². The van der Waals surface area contributed by atoms with Crippen LogP contribution in [0.2, 0.25) is 0 Å². The lowest BCUT2D eigenvalue weighted by Gasteiger charge is -2.33. The van der Waals surface area contributed by atoms with Gasteiger partial charge in [-0.1, -0.05) is 64.4 Å². The zero-order chi connectivity index (χ0) is 44.9. The Morgan fingerprint density at radius 2 is 1.52 bits per heavy atom. The van der Waals surface area contributed by atoms with E-state index in [2.05, 4.69) is 26.3 Å². The summed E-state index contributed by atoms with van der Waals surface area (Å²) >= 11 is 0. The number of hydrogen-bond donors (Lipinski definition) is 8. The monoisotopic (exact) mass is 843 g/mol. The number of hydrogen-bond acceptors (Lipinski definition) is 9. The quantitative estimate of drug-likeness (QED) is 0.0341. The number of aryl methyl sites for hydroxylation is 1. The predicted molar refractivity (Wildman–Crippen MR) is 223 cm³/mol. The van der Waals surface area contributed by atoms with Crippen molar-refractivity contribution in [3.8, 4) is 0 Å². The number of aliphatic carboxylic acids is 2. The molecule has 3 unspecified atom stereocenters. The number of likely N-dealkylation sites (tertiary alicyclic amines) is 1. The molecule has 1 saturated heterocycles. The SMILES string of the molecule is CCC(C)C(C(=O)N[C@@H](CC(=O)O)C(=O)N[C@@H](CCCN=C(N)N)C(=O)N[C@@H](CC(C)C)C(=O)O)N1CCC(N(C)C(=O)CCCNC(=O)CCCc2ccccc2)C1=O. The molecule has 1 fully saturated rings. The predicted octanol–water partition coefficient (Wildman–Crippen LogP) is 0.493. The number of carbonyl (C=O) groups excluding carboxylic acids is 6. The second kappa shape index (κ2) is 25.7. The molecule has 6 amide bonds. The van der Waals surface area contributed by atoms with Gasteiger partial charge in [0.15, 0.2) is 5.96 Å². The summed E-state index contributed by atoms with van der Waals surface area (Å²) in [6.07, 6.45) is 2.25. The number of nitrogens with one attached hydrogen (secondary N) is 4. The average molecular weight is 844 g/mol. The Morgan fingerprint density at radius 1 is 0.883 bits per heavy atom. The van der Waals surface area contributed by atoms with Gasteiger partial charge in [0, 0.05) is 39.5 Å². The molecule has 0 aromatic heterocycles. The molecule has 334 valence electrons. The lowest BCUT2D eigenvalue weighted by atomic mass is 9.96. The Bertz CT molecular complexity index is 1650. The van der Waals surface area contributed by atoms with Gasteiger partial charge in [-0.25, -0.2) is 4.79 Å². The van der Waals surface area contributed by atoms with Crippen molar-refractivity contribution in [1.29, 1.82) is 0 Å². The van der Waals surface area contributed by atoms with Crippen molar-refractivity contribution >= 4 is 53.3 Å². The van der Waals surface area contributed by atoms with Gasteiger partial charge in [0.1, 0.15) is 30.2 Å². The summed E-state index contributed by atoms with van der Waals surface area (Å²) < 4.78 is 0. The molecule has 19 heteroatoms. The topological polar surface area (TPSA) is 296 Å². The standard InChI is InChI=1S/C41H65N9O10/c1-6-26(4)35(50-22-19-31(39(50)58)49(5)33(52)18-12-20-44-32(51)17-10-15-27-13-8-7-9-14-27)38(57)47-29(24-34(53)54)37(56)46-28(16-11-21-45-41(42)43)36(55)48-30(40(59)60)23-25(2)3/h7-9,13-14,25-26,28-31,35H,6,10-12,15-24H2,1-5H3,(H,44,51)(H,46,56)(H,47,57)(H,48,55)(H,53,54)(H,59,60)(H4,42,43,45)/t26?,28-,29-,30-,31?,35?/m0/s1. The van der Waals surface area contributed by atoms with Gasteiger partial charge in [-0.05, 0) is 62.3 Å². The first-order valence-corrected chi connectivity index (χ1v) is 20.6. The van der Waals surface area contributed by atoms with Crippen molar-refractivity contribution in [3.63, 3.8) is 0 Å². The molecule has 0 saturated carbocycles. The minimum Gasteiger partial charge on any atom is -0.481 e. The van der Waals surface area contributed by atoms with E-state index >= 15 is 0 Å². The molecule has 1 aromatic carbocycles. The van der Waals surface area contributed by atoms with Crippen LogP contribution < -0.4 is 32.7 Å². The van der Waals surface area contributed by atoms with Crippen LogP contribution in [0.25, 0.3) is 0 Å². The van der Waals surface area contributed by atoms with Crippen molar-refractivity contribution in [1.82, 2.24) is 31.1 Å². The summed E-state index contributed by atoms with van der Waals surface area (Å²) in [5.41, 5.74) is 11.9. The van der Waals surface area contributed by atoms with Crippen molar-refractivity contribution in [2.75, 3.05) is 26.7 Å². The van der Waals surface area contributed by atoms with Crippen LogP contribution in [0.15, 0.2) is 35.3 Å². The van der Waals surface area contributed by atoms with E-state index in [0.717, 1.165) is 12.0 Å². The number of benzene rings is 1. The molecular formula is C41H65N9O10. The smallest absolute Gasteiger partial charge is 0.326 e. The van der Waals surface area contributed by atoms with E-state index in [9.17, 15) is 48.6 Å². The molecule has 10 N–H and O–H groups in total. The number of carbonyl (C=O) groups is 8. The summed E-state index contributed by atoms with van der Waals surface area (Å²) in [7, 11) is 1.51. The molecule has 1 heterocycles. The number of amides is 6. The number of rotatable bonds is 27. The summed E-state index contributed by atoms with van der Waals surface area (Å²) in [4.78, 5) is 111. The summed E-state index contributed by atoms with van der Waals surface area (Å²) in [6.45, 7) is 7.56. The third-order valence-electron chi connectivity index (χ3n) is 10.4. The molecular weight excluding hydrogens is 779 g/mol. The van der Waals surface area contributed by atoms with Crippen LogP contribution >= 0.6 is 0 Å². The second-order valence-corrected chi connectivity index (χ2v) is 15.7. The Kier molecular flexibility index (Phi) is 21.6. The largest absolute Gasteiger partial charge is 0.481 e. The normalized spacial score (nSPS) is 16.1. The zero-order valence-electron chi connectivity index (χ0n) is 35.5. The highest BCUT2D eigenvalue weighted by molar-refractivity contribution is 5.98. The number of likely N-dealkylation sites (N-methyl/N-ethyl adjacent to an activating group) is 1. The van der Waals surface area contributed by atoms with E-state index in [0.29, 0.717) is 32.2 Å². The number of nitrogens with two attached hydrogens (primary N) is 2. The molecule has 0 aliphatic carbocycles. The van der Waals surface area contributed by atoms with Crippen LogP contribution in [0.4, 0.5) is 0 Å². The number of carboxylic acids is 2. The van der Waals surface area contributed by atoms with E-state index in [-0.39, 0.29) is 68.9 Å². The van der Waals surface area contributed by atoms with Gasteiger partial charge in [-0.15, -0.1) is 0 Å². The maximum Gasteiger partial charge on any atom is 0.326 e. The van der Waals surface area contributed by atoms with Crippen LogP contribution in [0.1, 0.15) is 97.5 Å². The molecule has 1 aliphatic heterocycles. The molecule has 0 bridgehead atoms. The Balaban J connectivity index is 2.11. The molecule has 6 atom stereocenters. The number of carboxylic acid groups (broad SMARTS) is 2. The van der Waals surface area contributed by atoms with E-state index in [1.807, 2.05) is 30.3 Å². The van der Waals surface area contributed by atoms with Crippen LogP contribution in [-0.2, 0) is 44.8 Å². The third kappa shape index (κ3) is 17.2. The van der Waals surface area contributed by atoms with E-state index in [4.69, 9.17) is 11.5 Å². The average Bonchev–Trinajstić information content (AvgIpc) is 3.56. The third-order valence-corrected chi connectivity index (χ3v) is 10.4. The Hall–Kier alpha value is -5.75. The van der Waals surface area contributed by atoms with Crippen molar-refractivity contribution in [2.45, 2.75) is 129 Å². The molecule has 60 heavy (non-hydrogen) atoms. The number of nitrogens with zero attached hydrogens (tertiary/aromatic N) is 3. The molecule has 1 aliphatic rings. The summed E-state index contributed by atoms with van der Waals surface area (Å²) in [5, 5.41) is 29.6. The molecule has 0 radical (unpaired) electrons. The van der Waals surface area contributed by atoms with Gasteiger partial charge >= 0.3 is 11.9 Å². The van der Waals surface area contributed by atoms with E-state index in [1.165, 1.54) is 16.8 Å². The fourth-order valence-corrected chi connectivity index (χ4v) is 6.91. The van der Waals surface area contributed by atoms with E-state index < -0.39 is 78.1 Å². The summed E-state index contributed by atoms with van der Waals surface area (Å²) in [6, 6.07) is 3.52. The van der Waals surface area contributed by atoms with Gasteiger partial charge in [-0.3, -0.25) is 38.6 Å². The first-order valence-electron chi connectivity index (χ1n) is 20.6. The van der Waals surface area contributed by atoms with Gasteiger partial charge in [0.05, 0.1) is 6.42 Å². The lowest BCUT2D eigenvalue weighted by Crippen LogP contribution is -2.59. The maximum atomic E-state index is 14.0. The minimum absolute atomic E-state index is 0.0642. The number of guanidine groups is 1. The van der Waals surface area contributed by atoms with Crippen LogP contribution in [0.5, 0.6) is 0 Å². The highest BCUT2D eigenvalue weighted by Crippen LogP contribution is 2.25. The van der Waals surface area contributed by atoms with Gasteiger partial charge in [-0.2, -0.15) is 0 Å². The fraction of sp³-hybridized carbons (Fsp3) is 0.634. The molecule has 19 nitrogen and oxygen atoms in total. The lowest BCUT2D eigenvalue weighted by molar-refractivity contribution is -0.146. The van der Waals surface area contributed by atoms with Crippen LogP contribution in [0, 0.1) is 11.8 Å². The van der Waals surface area contributed by atoms with Gasteiger partial charge in [0.2, 0.25) is 35.4 Å². The van der Waals surface area contributed by atoms with Crippen molar-refractivity contribution < 1.29 is 48.6 Å². The second-order valence-electron chi connectivity index (χ2n) is 15.7. The molecule has 1 aromatic rings. The first-order chi connectivity index (χ1) is 28.4. The summed E-state index contributed by atoms with van der Waals surface area (Å²) in [5.74, 6) is -7.05. The molecule has 2 rings (SSSR count). The Labute approximate surface area is 351 Å². The molecule has 0 spiro atoms. The van der Waals surface area contributed by atoms with Gasteiger partial charge < -0.3 is 52.7 Å². The maximum absolute atomic E-state index is 14.0.